The third kappa shape index (κ3) is 5.55. The first-order valence-corrected chi connectivity index (χ1v) is 9.29. The van der Waals surface area contributed by atoms with E-state index in [4.69, 9.17) is 9.47 Å². The van der Waals surface area contributed by atoms with Crippen molar-refractivity contribution in [1.82, 2.24) is 10.2 Å². The molecule has 2 aromatic rings. The van der Waals surface area contributed by atoms with Crippen molar-refractivity contribution in [2.75, 3.05) is 51.8 Å². The highest BCUT2D eigenvalue weighted by Gasteiger charge is 2.11. The summed E-state index contributed by atoms with van der Waals surface area (Å²) < 4.78 is 10.4. The van der Waals surface area contributed by atoms with Gasteiger partial charge in [-0.05, 0) is 42.5 Å². The van der Waals surface area contributed by atoms with Crippen molar-refractivity contribution < 1.29 is 19.1 Å². The Morgan fingerprint density at radius 1 is 1.04 bits per heavy atom. The lowest BCUT2D eigenvalue weighted by atomic mass is 10.1. The van der Waals surface area contributed by atoms with Gasteiger partial charge in [0, 0.05) is 43.0 Å². The van der Waals surface area contributed by atoms with Crippen LogP contribution in [0.3, 0.4) is 0 Å². The average molecular weight is 383 g/mol. The molecule has 3 rings (SSSR count). The summed E-state index contributed by atoms with van der Waals surface area (Å²) in [5, 5.41) is 5.74. The molecule has 28 heavy (non-hydrogen) atoms. The molecule has 1 heterocycles. The zero-order chi connectivity index (χ0) is 19.8. The van der Waals surface area contributed by atoms with E-state index in [9.17, 15) is 9.59 Å². The smallest absolute Gasteiger partial charge is 0.255 e. The second kappa shape index (κ2) is 9.87. The maximum Gasteiger partial charge on any atom is 0.255 e. The summed E-state index contributed by atoms with van der Waals surface area (Å²) in [6.07, 6.45) is 0. The Kier molecular flexibility index (Phi) is 7.00. The van der Waals surface area contributed by atoms with E-state index in [1.807, 2.05) is 0 Å². The quantitative estimate of drug-likeness (QED) is 0.765. The highest BCUT2D eigenvalue weighted by Crippen LogP contribution is 2.15. The second-order valence-corrected chi connectivity index (χ2v) is 6.47. The van der Waals surface area contributed by atoms with Crippen LogP contribution in [0.15, 0.2) is 48.5 Å². The van der Waals surface area contributed by atoms with E-state index >= 15 is 0 Å². The van der Waals surface area contributed by atoms with Crippen LogP contribution in [0.1, 0.15) is 20.7 Å². The number of nitrogens with one attached hydrogen (secondary N) is 2. The van der Waals surface area contributed by atoms with Gasteiger partial charge >= 0.3 is 0 Å². The number of ether oxygens (including phenoxy) is 2. The molecular formula is C21H25N3O4. The van der Waals surface area contributed by atoms with Gasteiger partial charge in [0.2, 0.25) is 0 Å². The molecule has 148 valence electrons. The predicted octanol–water partition coefficient (Wildman–Crippen LogP) is 2.01. The third-order valence-corrected chi connectivity index (χ3v) is 4.55. The van der Waals surface area contributed by atoms with Crippen molar-refractivity contribution in [2.24, 2.45) is 0 Å². The van der Waals surface area contributed by atoms with Crippen LogP contribution in [0, 0.1) is 0 Å². The van der Waals surface area contributed by atoms with Crippen molar-refractivity contribution in [3.05, 3.63) is 59.7 Å². The lowest BCUT2D eigenvalue weighted by Crippen LogP contribution is -2.41. The maximum atomic E-state index is 12.3. The number of carbonyl (C=O) groups is 2. The van der Waals surface area contributed by atoms with Gasteiger partial charge in [0.1, 0.15) is 5.75 Å². The molecule has 0 unspecified atom stereocenters. The van der Waals surface area contributed by atoms with Crippen LogP contribution in [0.25, 0.3) is 0 Å². The summed E-state index contributed by atoms with van der Waals surface area (Å²) in [6.45, 7) is 4.69. The van der Waals surface area contributed by atoms with E-state index in [1.54, 1.807) is 55.6 Å². The molecule has 2 aromatic carbocycles. The van der Waals surface area contributed by atoms with Gasteiger partial charge in [-0.3, -0.25) is 14.5 Å². The first kappa shape index (κ1) is 19.9. The van der Waals surface area contributed by atoms with Gasteiger partial charge < -0.3 is 20.1 Å². The normalized spacial score (nSPS) is 14.3. The number of carbonyl (C=O) groups excluding carboxylic acids is 2. The van der Waals surface area contributed by atoms with Crippen LogP contribution >= 0.6 is 0 Å². The molecule has 0 radical (unpaired) electrons. The molecule has 1 aliphatic rings. The van der Waals surface area contributed by atoms with Crippen LogP contribution in [-0.4, -0.2) is 63.2 Å². The molecule has 2 amide bonds. The minimum absolute atomic E-state index is 0.126. The Hall–Kier alpha value is -2.90. The van der Waals surface area contributed by atoms with E-state index < -0.39 is 0 Å². The molecule has 0 aromatic heterocycles. The monoisotopic (exact) mass is 383 g/mol. The maximum absolute atomic E-state index is 12.3. The topological polar surface area (TPSA) is 79.9 Å². The van der Waals surface area contributed by atoms with Gasteiger partial charge in [-0.1, -0.05) is 6.07 Å². The number of hydrogen-bond donors (Lipinski definition) is 2. The van der Waals surface area contributed by atoms with Gasteiger partial charge in [-0.15, -0.1) is 0 Å². The number of methoxy groups -OCH3 is 1. The number of benzene rings is 2. The summed E-state index contributed by atoms with van der Waals surface area (Å²) in [5.41, 5.74) is 1.68. The Labute approximate surface area is 164 Å². The van der Waals surface area contributed by atoms with Crippen LogP contribution in [0.2, 0.25) is 0 Å². The van der Waals surface area contributed by atoms with E-state index in [0.29, 0.717) is 29.1 Å². The van der Waals surface area contributed by atoms with Gasteiger partial charge in [0.15, 0.2) is 0 Å². The molecule has 1 saturated heterocycles. The molecule has 0 atom stereocenters. The van der Waals surface area contributed by atoms with Gasteiger partial charge in [-0.2, -0.15) is 0 Å². The SMILES string of the molecule is COc1cccc(C(=O)Nc2ccc(C(=O)NCCN3CCOCC3)cc2)c1. The third-order valence-electron chi connectivity index (χ3n) is 4.55. The molecule has 0 spiro atoms. The number of hydrogen-bond acceptors (Lipinski definition) is 5. The highest BCUT2D eigenvalue weighted by atomic mass is 16.5. The minimum atomic E-state index is -0.235. The second-order valence-electron chi connectivity index (χ2n) is 6.47. The molecule has 0 saturated carbocycles. The van der Waals surface area contributed by atoms with E-state index in [0.717, 1.165) is 32.8 Å². The lowest BCUT2D eigenvalue weighted by Gasteiger charge is -2.26. The van der Waals surface area contributed by atoms with E-state index in [1.165, 1.54) is 0 Å². The molecule has 7 heteroatoms. The zero-order valence-corrected chi connectivity index (χ0v) is 15.9. The number of amides is 2. The standard InChI is InChI=1S/C21H25N3O4/c1-27-19-4-2-3-17(15-19)21(26)23-18-7-5-16(6-8-18)20(25)22-9-10-24-11-13-28-14-12-24/h2-8,15H,9-14H2,1H3,(H,22,25)(H,23,26). The van der Waals surface area contributed by atoms with Crippen molar-refractivity contribution in [3.8, 4) is 5.75 Å². The fourth-order valence-electron chi connectivity index (χ4n) is 2.93. The zero-order valence-electron chi connectivity index (χ0n) is 15.9. The Morgan fingerprint density at radius 2 is 1.79 bits per heavy atom. The minimum Gasteiger partial charge on any atom is -0.497 e. The Bertz CT molecular complexity index is 802. The summed E-state index contributed by atoms with van der Waals surface area (Å²) in [4.78, 5) is 26.9. The number of rotatable bonds is 7. The lowest BCUT2D eigenvalue weighted by molar-refractivity contribution is 0.0383. The van der Waals surface area contributed by atoms with Crippen molar-refractivity contribution in [2.45, 2.75) is 0 Å². The van der Waals surface area contributed by atoms with Crippen LogP contribution in [-0.2, 0) is 4.74 Å². The van der Waals surface area contributed by atoms with Crippen molar-refractivity contribution >= 4 is 17.5 Å². The highest BCUT2D eigenvalue weighted by molar-refractivity contribution is 6.04. The molecule has 7 nitrogen and oxygen atoms in total. The van der Waals surface area contributed by atoms with Gasteiger partial charge in [0.25, 0.3) is 11.8 Å². The predicted molar refractivity (Wildman–Crippen MR) is 107 cm³/mol. The van der Waals surface area contributed by atoms with Crippen LogP contribution in [0.4, 0.5) is 5.69 Å². The molecule has 0 bridgehead atoms. The summed E-state index contributed by atoms with van der Waals surface area (Å²) in [7, 11) is 1.56. The fraction of sp³-hybridized carbons (Fsp3) is 0.333. The number of nitrogens with zero attached hydrogens (tertiary/aromatic N) is 1. The number of anilines is 1. The molecule has 1 fully saturated rings. The first-order valence-electron chi connectivity index (χ1n) is 9.29. The Balaban J connectivity index is 1.49. The molecular weight excluding hydrogens is 358 g/mol. The molecule has 2 N–H and O–H groups in total. The largest absolute Gasteiger partial charge is 0.497 e. The first-order chi connectivity index (χ1) is 13.7. The summed E-state index contributed by atoms with van der Waals surface area (Å²) in [6, 6.07) is 13.8. The van der Waals surface area contributed by atoms with Crippen molar-refractivity contribution in [1.29, 1.82) is 0 Å². The molecule has 0 aliphatic carbocycles. The summed E-state index contributed by atoms with van der Waals surface area (Å²) >= 11 is 0. The van der Waals surface area contributed by atoms with Gasteiger partial charge in [-0.25, -0.2) is 0 Å². The number of morpholine rings is 1. The van der Waals surface area contributed by atoms with Crippen molar-refractivity contribution in [3.63, 3.8) is 0 Å². The average Bonchev–Trinajstić information content (AvgIpc) is 2.75. The summed E-state index contributed by atoms with van der Waals surface area (Å²) in [5.74, 6) is 0.261. The Morgan fingerprint density at radius 3 is 2.50 bits per heavy atom. The van der Waals surface area contributed by atoms with E-state index in [-0.39, 0.29) is 11.8 Å². The van der Waals surface area contributed by atoms with Crippen LogP contribution < -0.4 is 15.4 Å². The van der Waals surface area contributed by atoms with Gasteiger partial charge in [0.05, 0.1) is 20.3 Å². The fourth-order valence-corrected chi connectivity index (χ4v) is 2.93. The van der Waals surface area contributed by atoms with Crippen LogP contribution in [0.5, 0.6) is 5.75 Å². The molecule has 1 aliphatic heterocycles. The van der Waals surface area contributed by atoms with E-state index in [2.05, 4.69) is 15.5 Å².